The van der Waals surface area contributed by atoms with Crippen molar-refractivity contribution in [3.05, 3.63) is 35.4 Å². The molecular formula is C12H14O6. The van der Waals surface area contributed by atoms with Crippen LogP contribution in [0.2, 0.25) is 0 Å². The van der Waals surface area contributed by atoms with Crippen molar-refractivity contribution in [2.24, 2.45) is 0 Å². The van der Waals surface area contributed by atoms with Crippen LogP contribution in [0, 0.1) is 6.92 Å². The summed E-state index contributed by atoms with van der Waals surface area (Å²) in [5.74, 6) is -0.768. The van der Waals surface area contributed by atoms with Crippen LogP contribution < -0.4 is 0 Å². The Morgan fingerprint density at radius 2 is 1.89 bits per heavy atom. The second-order valence-corrected chi connectivity index (χ2v) is 3.81. The first kappa shape index (κ1) is 14.0. The Kier molecular flexibility index (Phi) is 5.13. The van der Waals surface area contributed by atoms with E-state index in [4.69, 9.17) is 0 Å². The molecule has 0 saturated carbocycles. The maximum atomic E-state index is 11.4. The molecule has 0 aromatic heterocycles. The van der Waals surface area contributed by atoms with Gasteiger partial charge in [-0.1, -0.05) is 17.7 Å². The molecular weight excluding hydrogens is 240 g/mol. The lowest BCUT2D eigenvalue weighted by Gasteiger charge is -2.06. The van der Waals surface area contributed by atoms with E-state index in [0.29, 0.717) is 0 Å². The Hall–Kier alpha value is -2.08. The first-order valence-corrected chi connectivity index (χ1v) is 5.32. The summed E-state index contributed by atoms with van der Waals surface area (Å²) in [6.45, 7) is 5.11. The van der Waals surface area contributed by atoms with Crippen LogP contribution in [0.25, 0.3) is 0 Å². The van der Waals surface area contributed by atoms with E-state index >= 15 is 0 Å². The Morgan fingerprint density at radius 3 is 2.50 bits per heavy atom. The highest BCUT2D eigenvalue weighted by molar-refractivity contribution is 5.89. The van der Waals surface area contributed by atoms with Gasteiger partial charge < -0.3 is 4.74 Å². The second-order valence-electron chi connectivity index (χ2n) is 3.81. The van der Waals surface area contributed by atoms with Crippen molar-refractivity contribution in [3.8, 4) is 0 Å². The molecule has 0 bridgehead atoms. The first-order valence-electron chi connectivity index (χ1n) is 5.32. The van der Waals surface area contributed by atoms with Crippen LogP contribution in [0.15, 0.2) is 24.3 Å². The predicted molar refractivity (Wildman–Crippen MR) is 60.4 cm³/mol. The molecule has 0 aliphatic rings. The molecule has 0 spiro atoms. The highest BCUT2D eigenvalue weighted by atomic mass is 17.5. The van der Waals surface area contributed by atoms with Crippen molar-refractivity contribution in [1.82, 2.24) is 0 Å². The summed E-state index contributed by atoms with van der Waals surface area (Å²) in [7, 11) is 0. The molecule has 1 aromatic rings. The monoisotopic (exact) mass is 254 g/mol. The van der Waals surface area contributed by atoms with Crippen LogP contribution >= 0.6 is 0 Å². The summed E-state index contributed by atoms with van der Waals surface area (Å²) >= 11 is 0. The predicted octanol–water partition coefficient (Wildman–Crippen LogP) is 2.56. The largest absolute Gasteiger partial charge is 0.543 e. The van der Waals surface area contributed by atoms with Crippen LogP contribution in [-0.4, -0.2) is 18.2 Å². The van der Waals surface area contributed by atoms with Gasteiger partial charge in [0, 0.05) is 0 Å². The van der Waals surface area contributed by atoms with Gasteiger partial charge in [-0.2, -0.15) is 0 Å². The number of benzene rings is 1. The number of carbonyl (C=O) groups excluding carboxylic acids is 2. The van der Waals surface area contributed by atoms with E-state index in [-0.39, 0.29) is 11.7 Å². The molecule has 0 N–H and O–H groups in total. The number of rotatable bonds is 4. The van der Waals surface area contributed by atoms with E-state index in [9.17, 15) is 9.59 Å². The molecule has 0 fully saturated rings. The summed E-state index contributed by atoms with van der Waals surface area (Å²) in [6.07, 6.45) is -1.43. The number of carbonyl (C=O) groups is 2. The summed E-state index contributed by atoms with van der Waals surface area (Å²) < 4.78 is 4.58. The van der Waals surface area contributed by atoms with Gasteiger partial charge in [0.1, 0.15) is 0 Å². The number of aryl methyl sites for hydroxylation is 1. The van der Waals surface area contributed by atoms with E-state index in [1.165, 1.54) is 0 Å². The van der Waals surface area contributed by atoms with Crippen LogP contribution in [-0.2, 0) is 19.6 Å². The number of hydrogen-bond donors (Lipinski definition) is 0. The number of hydrogen-bond acceptors (Lipinski definition) is 6. The van der Waals surface area contributed by atoms with Crippen molar-refractivity contribution in [1.29, 1.82) is 0 Å². The zero-order chi connectivity index (χ0) is 13.5. The van der Waals surface area contributed by atoms with Gasteiger partial charge in [0.2, 0.25) is 0 Å². The lowest BCUT2D eigenvalue weighted by Crippen LogP contribution is -2.15. The fourth-order valence-electron chi connectivity index (χ4n) is 1.11. The lowest BCUT2D eigenvalue weighted by atomic mass is 10.1. The highest BCUT2D eigenvalue weighted by Gasteiger charge is 2.12. The smallest absolute Gasteiger partial charge is 0.430 e. The van der Waals surface area contributed by atoms with Gasteiger partial charge in [0.25, 0.3) is 0 Å². The van der Waals surface area contributed by atoms with E-state index in [0.717, 1.165) is 5.56 Å². The summed E-state index contributed by atoms with van der Waals surface area (Å²) in [4.78, 5) is 30.6. The average molecular weight is 254 g/mol. The third-order valence-electron chi connectivity index (χ3n) is 1.80. The third-order valence-corrected chi connectivity index (χ3v) is 1.80. The summed E-state index contributed by atoms with van der Waals surface area (Å²) in [6, 6.07) is 6.68. The zero-order valence-corrected chi connectivity index (χ0v) is 10.3. The van der Waals surface area contributed by atoms with Crippen LogP contribution in [0.4, 0.5) is 4.79 Å². The lowest BCUT2D eigenvalue weighted by molar-refractivity contribution is -0.452. The van der Waals surface area contributed by atoms with Crippen LogP contribution in [0.1, 0.15) is 29.8 Å². The van der Waals surface area contributed by atoms with Crippen molar-refractivity contribution in [2.45, 2.75) is 26.9 Å². The topological polar surface area (TPSA) is 71.1 Å². The molecule has 6 heteroatoms. The standard InChI is InChI=1S/C12H14O6/c1-8(2)15-12(14)17-18-16-11(13)10-6-4-5-9(3)7-10/h4-8H,1-3H3. The van der Waals surface area contributed by atoms with Gasteiger partial charge in [-0.15, -0.1) is 0 Å². The SMILES string of the molecule is Cc1cccc(C(=O)OOOC(=O)OC(C)C)c1. The summed E-state index contributed by atoms with van der Waals surface area (Å²) in [5, 5.41) is 4.03. The molecule has 6 nitrogen and oxygen atoms in total. The molecule has 0 atom stereocenters. The Balaban J connectivity index is 2.36. The fourth-order valence-corrected chi connectivity index (χ4v) is 1.11. The molecule has 1 rings (SSSR count). The average Bonchev–Trinajstić information content (AvgIpc) is 2.27. The van der Waals surface area contributed by atoms with E-state index in [1.807, 2.05) is 13.0 Å². The maximum absolute atomic E-state index is 11.4. The van der Waals surface area contributed by atoms with E-state index in [2.05, 4.69) is 19.6 Å². The van der Waals surface area contributed by atoms with Gasteiger partial charge in [-0.25, -0.2) is 14.5 Å². The molecule has 0 heterocycles. The van der Waals surface area contributed by atoms with Gasteiger partial charge >= 0.3 is 12.1 Å². The van der Waals surface area contributed by atoms with Crippen LogP contribution in [0.3, 0.4) is 0 Å². The van der Waals surface area contributed by atoms with Crippen LogP contribution in [0.5, 0.6) is 0 Å². The molecule has 0 aliphatic carbocycles. The molecule has 0 radical (unpaired) electrons. The normalized spacial score (nSPS) is 10.0. The fraction of sp³-hybridized carbons (Fsp3) is 0.333. The molecule has 0 amide bonds. The second kappa shape index (κ2) is 6.61. The van der Waals surface area contributed by atoms with Gasteiger partial charge in [-0.05, 0) is 32.9 Å². The molecule has 0 unspecified atom stereocenters. The Morgan fingerprint density at radius 1 is 1.17 bits per heavy atom. The minimum atomic E-state index is -1.08. The zero-order valence-electron chi connectivity index (χ0n) is 10.3. The molecule has 0 aliphatic heterocycles. The highest BCUT2D eigenvalue weighted by Crippen LogP contribution is 2.06. The number of ether oxygens (including phenoxy) is 1. The van der Waals surface area contributed by atoms with Gasteiger partial charge in [0.15, 0.2) is 0 Å². The summed E-state index contributed by atoms with van der Waals surface area (Å²) in [5.41, 5.74) is 1.18. The van der Waals surface area contributed by atoms with Gasteiger partial charge in [0.05, 0.1) is 16.7 Å². The minimum Gasteiger partial charge on any atom is -0.430 e. The van der Waals surface area contributed by atoms with E-state index in [1.54, 1.807) is 32.0 Å². The quantitative estimate of drug-likeness (QED) is 0.467. The van der Waals surface area contributed by atoms with Crippen molar-refractivity contribution < 1.29 is 29.1 Å². The Labute approximate surface area is 104 Å². The third kappa shape index (κ3) is 4.84. The van der Waals surface area contributed by atoms with Crippen molar-refractivity contribution >= 4 is 12.1 Å². The first-order chi connectivity index (χ1) is 8.49. The van der Waals surface area contributed by atoms with Crippen molar-refractivity contribution in [2.75, 3.05) is 0 Å². The van der Waals surface area contributed by atoms with Crippen molar-refractivity contribution in [3.63, 3.8) is 0 Å². The molecule has 98 valence electrons. The molecule has 1 aromatic carbocycles. The Bertz CT molecular complexity index is 426. The van der Waals surface area contributed by atoms with Gasteiger partial charge in [-0.3, -0.25) is 4.89 Å². The maximum Gasteiger partial charge on any atom is 0.543 e. The van der Waals surface area contributed by atoms with E-state index < -0.39 is 12.1 Å². The molecule has 18 heavy (non-hydrogen) atoms. The minimum absolute atomic E-state index is 0.288. The molecule has 0 saturated heterocycles.